The second kappa shape index (κ2) is 7.38. The fraction of sp³-hybridized carbons (Fsp3) is 0.133. The highest BCUT2D eigenvalue weighted by Gasteiger charge is 2.08. The molecule has 0 aromatic heterocycles. The molecule has 0 saturated heterocycles. The maximum absolute atomic E-state index is 12.1. The van der Waals surface area contributed by atoms with Crippen molar-refractivity contribution in [2.75, 3.05) is 12.4 Å². The highest BCUT2D eigenvalue weighted by atomic mass is 79.9. The predicted octanol–water partition coefficient (Wildman–Crippen LogP) is 3.33. The van der Waals surface area contributed by atoms with Crippen LogP contribution in [0.1, 0.15) is 10.4 Å². The van der Waals surface area contributed by atoms with Crippen molar-refractivity contribution in [2.45, 2.75) is 4.90 Å². The van der Waals surface area contributed by atoms with Crippen LogP contribution >= 0.6 is 15.9 Å². The Morgan fingerprint density at radius 2 is 1.90 bits per heavy atom. The molecular weight excluding hydrogens is 356 g/mol. The molecule has 1 unspecified atom stereocenters. The van der Waals surface area contributed by atoms with Crippen molar-refractivity contribution in [2.24, 2.45) is 0 Å². The summed E-state index contributed by atoms with van der Waals surface area (Å²) in [6.45, 7) is 0.297. The zero-order valence-electron chi connectivity index (χ0n) is 11.0. The molecule has 0 aliphatic heterocycles. The van der Waals surface area contributed by atoms with E-state index < -0.39 is 16.8 Å². The highest BCUT2D eigenvalue weighted by Crippen LogP contribution is 2.16. The molecule has 0 heterocycles. The fourth-order valence-electron chi connectivity index (χ4n) is 1.65. The lowest BCUT2D eigenvalue weighted by molar-refractivity contribution is 0.0696. The number of rotatable bonds is 6. The van der Waals surface area contributed by atoms with E-state index in [-0.39, 0.29) is 5.56 Å². The molecule has 0 fully saturated rings. The molecule has 110 valence electrons. The van der Waals surface area contributed by atoms with Gasteiger partial charge >= 0.3 is 5.97 Å². The van der Waals surface area contributed by atoms with Gasteiger partial charge in [-0.3, -0.25) is 4.21 Å². The molecule has 0 amide bonds. The molecule has 4 nitrogen and oxygen atoms in total. The van der Waals surface area contributed by atoms with Crippen LogP contribution in [0, 0.1) is 0 Å². The van der Waals surface area contributed by atoms with Gasteiger partial charge in [-0.2, -0.15) is 0 Å². The van der Waals surface area contributed by atoms with Crippen molar-refractivity contribution in [1.29, 1.82) is 0 Å². The SMILES string of the molecule is O=C(O)c1cccc(S(=O)CCOc2ccc(Br)cc2)c1. The van der Waals surface area contributed by atoms with Gasteiger partial charge in [-0.05, 0) is 42.5 Å². The number of ether oxygens (including phenoxy) is 1. The normalized spacial score (nSPS) is 11.9. The summed E-state index contributed by atoms with van der Waals surface area (Å²) in [7, 11) is -1.29. The summed E-state index contributed by atoms with van der Waals surface area (Å²) in [6, 6.07) is 13.5. The molecule has 0 saturated carbocycles. The number of carbonyl (C=O) groups is 1. The average molecular weight is 369 g/mol. The molecule has 0 radical (unpaired) electrons. The number of halogens is 1. The Morgan fingerprint density at radius 1 is 1.19 bits per heavy atom. The molecule has 1 N–H and O–H groups in total. The van der Waals surface area contributed by atoms with Gasteiger partial charge in [0.2, 0.25) is 0 Å². The van der Waals surface area contributed by atoms with Crippen LogP contribution in [0.3, 0.4) is 0 Å². The third-order valence-electron chi connectivity index (χ3n) is 2.69. The van der Waals surface area contributed by atoms with E-state index in [2.05, 4.69) is 15.9 Å². The summed E-state index contributed by atoms with van der Waals surface area (Å²) in [4.78, 5) is 11.4. The van der Waals surface area contributed by atoms with Gasteiger partial charge in [0, 0.05) is 9.37 Å². The smallest absolute Gasteiger partial charge is 0.335 e. The first-order valence-electron chi connectivity index (χ1n) is 6.16. The monoisotopic (exact) mass is 368 g/mol. The molecule has 2 aromatic carbocycles. The molecule has 6 heteroatoms. The van der Waals surface area contributed by atoms with E-state index in [0.717, 1.165) is 4.47 Å². The van der Waals surface area contributed by atoms with Crippen LogP contribution in [-0.2, 0) is 10.8 Å². The lowest BCUT2D eigenvalue weighted by Crippen LogP contribution is -2.09. The molecule has 0 spiro atoms. The van der Waals surface area contributed by atoms with Crippen molar-refractivity contribution in [1.82, 2.24) is 0 Å². The van der Waals surface area contributed by atoms with E-state index in [4.69, 9.17) is 9.84 Å². The average Bonchev–Trinajstić information content (AvgIpc) is 2.49. The van der Waals surface area contributed by atoms with Crippen molar-refractivity contribution in [3.05, 3.63) is 58.6 Å². The van der Waals surface area contributed by atoms with Crippen LogP contribution in [0.25, 0.3) is 0 Å². The van der Waals surface area contributed by atoms with Gasteiger partial charge in [-0.25, -0.2) is 4.79 Å². The van der Waals surface area contributed by atoms with Crippen molar-refractivity contribution in [3.8, 4) is 5.75 Å². The van der Waals surface area contributed by atoms with Gasteiger partial charge in [-0.1, -0.05) is 22.0 Å². The van der Waals surface area contributed by atoms with E-state index >= 15 is 0 Å². The molecule has 21 heavy (non-hydrogen) atoms. The first-order valence-corrected chi connectivity index (χ1v) is 8.27. The number of hydrogen-bond donors (Lipinski definition) is 1. The van der Waals surface area contributed by atoms with E-state index in [0.29, 0.717) is 23.0 Å². The van der Waals surface area contributed by atoms with Crippen molar-refractivity contribution >= 4 is 32.7 Å². The minimum atomic E-state index is -1.29. The van der Waals surface area contributed by atoms with Crippen LogP contribution in [0.15, 0.2) is 57.9 Å². The molecule has 0 aliphatic rings. The highest BCUT2D eigenvalue weighted by molar-refractivity contribution is 9.10. The molecule has 2 rings (SSSR count). The standard InChI is InChI=1S/C15H13BrO4S/c16-12-4-6-13(7-5-12)20-8-9-21(19)14-3-1-2-11(10-14)15(17)18/h1-7,10H,8-9H2,(H,17,18). The Morgan fingerprint density at radius 3 is 2.57 bits per heavy atom. The maximum atomic E-state index is 12.1. The minimum Gasteiger partial charge on any atom is -0.493 e. The van der Waals surface area contributed by atoms with E-state index in [9.17, 15) is 9.00 Å². The second-order valence-electron chi connectivity index (χ2n) is 4.19. The Kier molecular flexibility index (Phi) is 5.52. The van der Waals surface area contributed by atoms with Gasteiger partial charge < -0.3 is 9.84 Å². The van der Waals surface area contributed by atoms with Gasteiger partial charge in [0.1, 0.15) is 12.4 Å². The lowest BCUT2D eigenvalue weighted by Gasteiger charge is -2.07. The number of hydrogen-bond acceptors (Lipinski definition) is 3. The Labute approximate surface area is 133 Å². The third-order valence-corrected chi connectivity index (χ3v) is 4.54. The summed E-state index contributed by atoms with van der Waals surface area (Å²) in [5, 5.41) is 8.91. The van der Waals surface area contributed by atoms with Gasteiger partial charge in [-0.15, -0.1) is 0 Å². The molecular formula is C15H13BrO4S. The molecule has 0 aliphatic carbocycles. The third kappa shape index (κ3) is 4.68. The van der Waals surface area contributed by atoms with Crippen LogP contribution in [-0.4, -0.2) is 27.6 Å². The largest absolute Gasteiger partial charge is 0.493 e. The van der Waals surface area contributed by atoms with E-state index in [1.807, 2.05) is 24.3 Å². The van der Waals surface area contributed by atoms with Crippen molar-refractivity contribution in [3.63, 3.8) is 0 Å². The topological polar surface area (TPSA) is 63.6 Å². The zero-order chi connectivity index (χ0) is 15.2. The first-order chi connectivity index (χ1) is 10.1. The quantitative estimate of drug-likeness (QED) is 0.849. The maximum Gasteiger partial charge on any atom is 0.335 e. The summed E-state index contributed by atoms with van der Waals surface area (Å²) in [6.07, 6.45) is 0. The van der Waals surface area contributed by atoms with Crippen LogP contribution < -0.4 is 4.74 Å². The number of carboxylic acid groups (broad SMARTS) is 1. The van der Waals surface area contributed by atoms with E-state index in [1.165, 1.54) is 12.1 Å². The Balaban J connectivity index is 1.91. The van der Waals surface area contributed by atoms with Crippen molar-refractivity contribution < 1.29 is 18.8 Å². The van der Waals surface area contributed by atoms with E-state index in [1.54, 1.807) is 12.1 Å². The lowest BCUT2D eigenvalue weighted by atomic mass is 10.2. The Bertz CT molecular complexity index is 655. The number of carboxylic acids is 1. The summed E-state index contributed by atoms with van der Waals surface area (Å²) in [5.74, 6) is -0.0199. The van der Waals surface area contributed by atoms with Gasteiger partial charge in [0.25, 0.3) is 0 Å². The van der Waals surface area contributed by atoms with Gasteiger partial charge in [0.05, 0.1) is 22.1 Å². The van der Waals surface area contributed by atoms with Crippen LogP contribution in [0.4, 0.5) is 0 Å². The minimum absolute atomic E-state index is 0.134. The van der Waals surface area contributed by atoms with Crippen LogP contribution in [0.2, 0.25) is 0 Å². The van der Waals surface area contributed by atoms with Gasteiger partial charge in [0.15, 0.2) is 0 Å². The molecule has 2 aromatic rings. The molecule has 1 atom stereocenters. The number of aromatic carboxylic acids is 1. The molecule has 0 bridgehead atoms. The Hall–Kier alpha value is -1.66. The second-order valence-corrected chi connectivity index (χ2v) is 6.67. The number of benzene rings is 2. The summed E-state index contributed by atoms with van der Waals surface area (Å²) < 4.78 is 18.6. The van der Waals surface area contributed by atoms with Crippen LogP contribution in [0.5, 0.6) is 5.75 Å². The summed E-state index contributed by atoms with van der Waals surface area (Å²) >= 11 is 3.33. The fourth-order valence-corrected chi connectivity index (χ4v) is 2.88. The zero-order valence-corrected chi connectivity index (χ0v) is 13.4. The predicted molar refractivity (Wildman–Crippen MR) is 84.3 cm³/mol. The first kappa shape index (κ1) is 15.7. The summed E-state index contributed by atoms with van der Waals surface area (Å²) in [5.41, 5.74) is 0.134.